The number of phenolic OH excluding ortho intramolecular Hbond substituents is 1. The highest BCUT2D eigenvalue weighted by molar-refractivity contribution is 5.81. The fourth-order valence-corrected chi connectivity index (χ4v) is 1.31. The van der Waals surface area contributed by atoms with E-state index in [4.69, 9.17) is 15.9 Å². The van der Waals surface area contributed by atoms with Gasteiger partial charge < -0.3 is 21.3 Å². The molecule has 5 N–H and O–H groups in total. The van der Waals surface area contributed by atoms with Gasteiger partial charge in [0.15, 0.2) is 17.4 Å². The molecule has 0 aliphatic carbocycles. The van der Waals surface area contributed by atoms with Crippen molar-refractivity contribution in [1.29, 1.82) is 0 Å². The normalized spacial score (nSPS) is 12.2. The van der Waals surface area contributed by atoms with Crippen LogP contribution in [0, 0.1) is 11.6 Å². The maximum absolute atomic E-state index is 13.3. The molecule has 0 aromatic heterocycles. The average Bonchev–Trinajstić information content (AvgIpc) is 2.37. The third-order valence-electron chi connectivity index (χ3n) is 2.37. The molecule has 0 aliphatic rings. The first-order valence-electron chi connectivity index (χ1n) is 5.27. The predicted molar refractivity (Wildman–Crippen MR) is 59.8 cm³/mol. The molecule has 7 heteroatoms. The number of carbonyl (C=O) groups excluding carboxylic acids is 1. The Labute approximate surface area is 102 Å². The van der Waals surface area contributed by atoms with Gasteiger partial charge in [-0.05, 0) is 18.1 Å². The first-order valence-corrected chi connectivity index (χ1v) is 5.27. The van der Waals surface area contributed by atoms with Gasteiger partial charge in [-0.2, -0.15) is 0 Å². The summed E-state index contributed by atoms with van der Waals surface area (Å²) in [6.45, 7) is -0.425. The number of phenols is 1. The minimum Gasteiger partial charge on any atom is -0.503 e. The van der Waals surface area contributed by atoms with E-state index in [0.29, 0.717) is 0 Å². The van der Waals surface area contributed by atoms with Crippen molar-refractivity contribution in [2.24, 2.45) is 5.73 Å². The minimum atomic E-state index is -1.05. The van der Waals surface area contributed by atoms with Gasteiger partial charge in [-0.3, -0.25) is 4.79 Å². The van der Waals surface area contributed by atoms with Crippen molar-refractivity contribution in [2.45, 2.75) is 12.5 Å². The van der Waals surface area contributed by atoms with E-state index in [1.54, 1.807) is 0 Å². The highest BCUT2D eigenvalue weighted by atomic mass is 19.1. The van der Waals surface area contributed by atoms with E-state index in [0.717, 1.165) is 6.07 Å². The topological polar surface area (TPSA) is 95.6 Å². The van der Waals surface area contributed by atoms with Crippen LogP contribution in [0.25, 0.3) is 0 Å². The Morgan fingerprint density at radius 3 is 2.72 bits per heavy atom. The molecule has 0 bridgehead atoms. The highest BCUT2D eigenvalue weighted by Crippen LogP contribution is 2.22. The molecule has 100 valence electrons. The number of aliphatic hydroxyl groups excluding tert-OH is 1. The number of aliphatic hydroxyl groups is 1. The molecule has 0 aliphatic heterocycles. The summed E-state index contributed by atoms with van der Waals surface area (Å²) in [5.74, 6) is -3.69. The summed E-state index contributed by atoms with van der Waals surface area (Å²) in [5.41, 5.74) is 5.32. The Bertz CT molecular complexity index is 441. The second kappa shape index (κ2) is 6.27. The van der Waals surface area contributed by atoms with Crippen molar-refractivity contribution in [3.8, 4) is 5.75 Å². The van der Waals surface area contributed by atoms with Crippen LogP contribution in [0.3, 0.4) is 0 Å². The summed E-state index contributed by atoms with van der Waals surface area (Å²) in [6.07, 6.45) is 0.0730. The maximum Gasteiger partial charge on any atom is 0.239 e. The Balaban J connectivity index is 2.55. The molecule has 18 heavy (non-hydrogen) atoms. The van der Waals surface area contributed by atoms with E-state index in [-0.39, 0.29) is 18.5 Å². The number of rotatable bonds is 5. The number of halogens is 2. The number of nitrogens with two attached hydrogens (primary N) is 1. The molecule has 1 aromatic carbocycles. The molecule has 1 aromatic rings. The highest BCUT2D eigenvalue weighted by Gasteiger charge is 2.14. The number of amides is 1. The number of carbonyl (C=O) groups is 1. The van der Waals surface area contributed by atoms with E-state index >= 15 is 0 Å². The summed E-state index contributed by atoms with van der Waals surface area (Å²) in [6, 6.07) is 1.09. The predicted octanol–water partition coefficient (Wildman–Crippen LogP) is -0.351. The van der Waals surface area contributed by atoms with E-state index in [1.807, 2.05) is 0 Å². The second-order valence-corrected chi connectivity index (χ2v) is 3.70. The van der Waals surface area contributed by atoms with Gasteiger partial charge in [0.1, 0.15) is 6.04 Å². The quantitative estimate of drug-likeness (QED) is 0.582. The Morgan fingerprint density at radius 1 is 1.44 bits per heavy atom. The van der Waals surface area contributed by atoms with Gasteiger partial charge in [0.2, 0.25) is 5.91 Å². The lowest BCUT2D eigenvalue weighted by Crippen LogP contribution is -2.43. The fourth-order valence-electron chi connectivity index (χ4n) is 1.31. The zero-order valence-electron chi connectivity index (χ0n) is 9.49. The zero-order valence-corrected chi connectivity index (χ0v) is 9.49. The SMILES string of the molecule is NC(CO)C(=O)NCCc1ccc(F)c(O)c1F. The van der Waals surface area contributed by atoms with E-state index in [9.17, 15) is 13.6 Å². The molecule has 1 amide bonds. The van der Waals surface area contributed by atoms with Crippen LogP contribution in [0.4, 0.5) is 8.78 Å². The molecule has 0 heterocycles. The summed E-state index contributed by atoms with van der Waals surface area (Å²) in [4.78, 5) is 11.2. The fraction of sp³-hybridized carbons (Fsp3) is 0.364. The number of benzene rings is 1. The molecule has 0 fully saturated rings. The summed E-state index contributed by atoms with van der Waals surface area (Å²) in [7, 11) is 0. The number of hydrogen-bond donors (Lipinski definition) is 4. The van der Waals surface area contributed by atoms with Crippen LogP contribution in [0.2, 0.25) is 0 Å². The molecule has 0 saturated heterocycles. The van der Waals surface area contributed by atoms with Crippen LogP contribution in [-0.2, 0) is 11.2 Å². The molecule has 5 nitrogen and oxygen atoms in total. The standard InChI is InChI=1S/C11H14F2N2O3/c12-7-2-1-6(9(13)10(7)17)3-4-15-11(18)8(14)5-16/h1-2,8,16-17H,3-5,14H2,(H,15,18). The van der Waals surface area contributed by atoms with Crippen LogP contribution < -0.4 is 11.1 Å². The van der Waals surface area contributed by atoms with E-state index < -0.39 is 35.9 Å². The first-order chi connectivity index (χ1) is 8.47. The van der Waals surface area contributed by atoms with Gasteiger partial charge in [-0.1, -0.05) is 6.07 Å². The molecule has 0 spiro atoms. The van der Waals surface area contributed by atoms with Crippen molar-refractivity contribution >= 4 is 5.91 Å². The van der Waals surface area contributed by atoms with Gasteiger partial charge in [0.05, 0.1) is 6.61 Å². The number of nitrogens with one attached hydrogen (secondary N) is 1. The summed E-state index contributed by atoms with van der Waals surface area (Å²) >= 11 is 0. The van der Waals surface area contributed by atoms with Crippen molar-refractivity contribution in [2.75, 3.05) is 13.2 Å². The van der Waals surface area contributed by atoms with E-state index in [1.165, 1.54) is 6.07 Å². The smallest absolute Gasteiger partial charge is 0.239 e. The van der Waals surface area contributed by atoms with Gasteiger partial charge in [-0.15, -0.1) is 0 Å². The lowest BCUT2D eigenvalue weighted by atomic mass is 10.1. The second-order valence-electron chi connectivity index (χ2n) is 3.70. The number of hydrogen-bond acceptors (Lipinski definition) is 4. The monoisotopic (exact) mass is 260 g/mol. The Kier molecular flexibility index (Phi) is 4.99. The lowest BCUT2D eigenvalue weighted by molar-refractivity contribution is -0.123. The van der Waals surface area contributed by atoms with Crippen molar-refractivity contribution in [3.05, 3.63) is 29.3 Å². The van der Waals surface area contributed by atoms with Crippen LogP contribution >= 0.6 is 0 Å². The van der Waals surface area contributed by atoms with Gasteiger partial charge >= 0.3 is 0 Å². The molecule has 0 saturated carbocycles. The third kappa shape index (κ3) is 3.38. The summed E-state index contributed by atoms with van der Waals surface area (Å²) < 4.78 is 26.1. The van der Waals surface area contributed by atoms with Crippen LogP contribution in [-0.4, -0.2) is 35.3 Å². The van der Waals surface area contributed by atoms with Crippen LogP contribution in [0.1, 0.15) is 5.56 Å². The van der Waals surface area contributed by atoms with Gasteiger partial charge in [-0.25, -0.2) is 8.78 Å². The van der Waals surface area contributed by atoms with Gasteiger partial charge in [0, 0.05) is 6.54 Å². The van der Waals surface area contributed by atoms with Crippen molar-refractivity contribution in [3.63, 3.8) is 0 Å². The molecule has 0 radical (unpaired) electrons. The molecular weight excluding hydrogens is 246 g/mol. The first kappa shape index (κ1) is 14.3. The third-order valence-corrected chi connectivity index (χ3v) is 2.37. The van der Waals surface area contributed by atoms with Crippen LogP contribution in [0.15, 0.2) is 12.1 Å². The van der Waals surface area contributed by atoms with Crippen molar-refractivity contribution < 1.29 is 23.8 Å². The van der Waals surface area contributed by atoms with Crippen molar-refractivity contribution in [1.82, 2.24) is 5.32 Å². The average molecular weight is 260 g/mol. The van der Waals surface area contributed by atoms with Crippen LogP contribution in [0.5, 0.6) is 5.75 Å². The summed E-state index contributed by atoms with van der Waals surface area (Å²) in [5, 5.41) is 20.0. The largest absolute Gasteiger partial charge is 0.503 e. The zero-order chi connectivity index (χ0) is 13.7. The lowest BCUT2D eigenvalue weighted by Gasteiger charge is -2.10. The van der Waals surface area contributed by atoms with E-state index in [2.05, 4.69) is 5.32 Å². The van der Waals surface area contributed by atoms with Gasteiger partial charge in [0.25, 0.3) is 0 Å². The minimum absolute atomic E-state index is 0.0640. The molecule has 1 rings (SSSR count). The molecule has 1 atom stereocenters. The molecular formula is C11H14F2N2O3. The number of aromatic hydroxyl groups is 1. The molecule has 1 unspecified atom stereocenters. The maximum atomic E-state index is 13.3. The Hall–Kier alpha value is -1.73. The Morgan fingerprint density at radius 2 is 2.11 bits per heavy atom.